The third-order valence-corrected chi connectivity index (χ3v) is 9.87. The summed E-state index contributed by atoms with van der Waals surface area (Å²) < 4.78 is 45.7. The molecule has 268 valence electrons. The fraction of sp³-hybridized carbons (Fsp3) is 0.600. The van der Waals surface area contributed by atoms with Gasteiger partial charge in [-0.2, -0.15) is 4.98 Å². The predicted molar refractivity (Wildman–Crippen MR) is 178 cm³/mol. The number of rotatable bonds is 8. The van der Waals surface area contributed by atoms with E-state index in [1.807, 2.05) is 4.90 Å². The number of piperidine rings is 1. The molecule has 3 saturated heterocycles. The Labute approximate surface area is 289 Å². The molecule has 3 aliphatic heterocycles. The molecule has 15 heteroatoms. The zero-order valence-corrected chi connectivity index (χ0v) is 28.7. The molecule has 0 spiro atoms. The summed E-state index contributed by atoms with van der Waals surface area (Å²) in [5.41, 5.74) is -0.205. The van der Waals surface area contributed by atoms with Gasteiger partial charge in [0, 0.05) is 75.7 Å². The molecule has 1 aliphatic carbocycles. The van der Waals surface area contributed by atoms with Crippen molar-refractivity contribution in [3.8, 4) is 0 Å². The van der Waals surface area contributed by atoms with E-state index in [1.165, 1.54) is 12.4 Å². The molecule has 3 aromatic rings. The minimum Gasteiger partial charge on any atom is -0.444 e. The van der Waals surface area contributed by atoms with Crippen molar-refractivity contribution in [2.75, 3.05) is 49.2 Å². The van der Waals surface area contributed by atoms with Crippen molar-refractivity contribution < 1.29 is 32.4 Å². The number of hydrogen-bond donors (Lipinski definition) is 1. The maximum absolute atomic E-state index is 14.9. The Morgan fingerprint density at radius 1 is 0.960 bits per heavy atom. The minimum atomic E-state index is -0.734. The molecular formula is C35H44F2N8O5. The Balaban J connectivity index is 1.01. The summed E-state index contributed by atoms with van der Waals surface area (Å²) in [6.07, 6.45) is 7.64. The van der Waals surface area contributed by atoms with Crippen molar-refractivity contribution in [1.82, 2.24) is 30.3 Å². The summed E-state index contributed by atoms with van der Waals surface area (Å²) in [6.45, 7) is 8.53. The average Bonchev–Trinajstić information content (AvgIpc) is 3.64. The van der Waals surface area contributed by atoms with E-state index in [0.29, 0.717) is 43.8 Å². The standard InChI is InChI=1S/C35H44F2N8O5/c1-35(2,3)49-34(47)40-29-20-44(19-27(29)26-16-23(36)4-7-28(26)37)32-38-17-22(18-39-32)31(46)45(24-5-6-24)25-8-12-43(13-9-25)33-41-30(42-50-33)21-10-14-48-15-11-21/h4,7,16-18,21,24-25,27,29H,5-6,8-15,19-20H2,1-3H3,(H,40,47)/t27-,29+/m1/s1. The molecule has 2 aromatic heterocycles. The van der Waals surface area contributed by atoms with Crippen LogP contribution < -0.4 is 15.1 Å². The number of benzene rings is 1. The van der Waals surface area contributed by atoms with Gasteiger partial charge in [-0.05, 0) is 83.1 Å². The highest BCUT2D eigenvalue weighted by Gasteiger charge is 2.41. The van der Waals surface area contributed by atoms with Crippen LogP contribution in [0.5, 0.6) is 0 Å². The second kappa shape index (κ2) is 14.1. The first-order valence-corrected chi connectivity index (χ1v) is 17.5. The summed E-state index contributed by atoms with van der Waals surface area (Å²) in [7, 11) is 0. The summed E-state index contributed by atoms with van der Waals surface area (Å²) in [4.78, 5) is 46.3. The van der Waals surface area contributed by atoms with E-state index >= 15 is 0 Å². The summed E-state index contributed by atoms with van der Waals surface area (Å²) in [5.74, 6) is -0.530. The van der Waals surface area contributed by atoms with Gasteiger partial charge in [0.25, 0.3) is 5.91 Å². The van der Waals surface area contributed by atoms with Crippen LogP contribution in [0.15, 0.2) is 35.1 Å². The Bertz CT molecular complexity index is 1670. The lowest BCUT2D eigenvalue weighted by atomic mass is 9.94. The maximum Gasteiger partial charge on any atom is 0.407 e. The van der Waals surface area contributed by atoms with Crippen molar-refractivity contribution >= 4 is 24.0 Å². The smallest absolute Gasteiger partial charge is 0.407 e. The number of carbonyl (C=O) groups is 2. The maximum atomic E-state index is 14.9. The molecule has 0 bridgehead atoms. The van der Waals surface area contributed by atoms with Gasteiger partial charge in [0.15, 0.2) is 5.82 Å². The van der Waals surface area contributed by atoms with Gasteiger partial charge >= 0.3 is 12.1 Å². The molecule has 0 radical (unpaired) electrons. The zero-order valence-electron chi connectivity index (χ0n) is 28.7. The van der Waals surface area contributed by atoms with E-state index in [1.54, 1.807) is 25.7 Å². The zero-order chi connectivity index (χ0) is 35.0. The van der Waals surface area contributed by atoms with Crippen LogP contribution in [-0.4, -0.2) is 100 Å². The third kappa shape index (κ3) is 7.67. The number of alkyl carbamates (subject to hydrolysis) is 1. The lowest BCUT2D eigenvalue weighted by molar-refractivity contribution is 0.0503. The highest BCUT2D eigenvalue weighted by atomic mass is 19.1. The SMILES string of the molecule is CC(C)(C)OC(=O)N[C@H]1CN(c2ncc(C(=O)N(C3CC3)C3CCN(c4nc(C5CCOCC5)no4)CC3)cn2)C[C@@H]1c1cc(F)ccc1F. The summed E-state index contributed by atoms with van der Waals surface area (Å²) in [6, 6.07) is 3.46. The first-order valence-electron chi connectivity index (χ1n) is 17.5. The van der Waals surface area contributed by atoms with Gasteiger partial charge < -0.3 is 34.0 Å². The van der Waals surface area contributed by atoms with Gasteiger partial charge in [-0.3, -0.25) is 4.79 Å². The topological polar surface area (TPSA) is 139 Å². The van der Waals surface area contributed by atoms with Crippen LogP contribution in [-0.2, 0) is 9.47 Å². The van der Waals surface area contributed by atoms with E-state index in [4.69, 9.17) is 19.0 Å². The molecule has 4 aliphatic rings. The number of carbonyl (C=O) groups excluding carboxylic acids is 2. The molecule has 0 unspecified atom stereocenters. The number of hydrogen-bond acceptors (Lipinski definition) is 11. The molecule has 5 heterocycles. The number of anilines is 2. The lowest BCUT2D eigenvalue weighted by Gasteiger charge is -2.38. The number of ether oxygens (including phenoxy) is 2. The van der Waals surface area contributed by atoms with Crippen LogP contribution >= 0.6 is 0 Å². The van der Waals surface area contributed by atoms with Crippen molar-refractivity contribution in [3.63, 3.8) is 0 Å². The summed E-state index contributed by atoms with van der Waals surface area (Å²) in [5, 5.41) is 7.08. The molecule has 7 rings (SSSR count). The monoisotopic (exact) mass is 694 g/mol. The van der Waals surface area contributed by atoms with Gasteiger partial charge in [-0.1, -0.05) is 5.16 Å². The average molecular weight is 695 g/mol. The molecule has 50 heavy (non-hydrogen) atoms. The van der Waals surface area contributed by atoms with Crippen molar-refractivity contribution in [1.29, 1.82) is 0 Å². The van der Waals surface area contributed by atoms with E-state index in [9.17, 15) is 18.4 Å². The molecular weight excluding hydrogens is 650 g/mol. The minimum absolute atomic E-state index is 0.0593. The Hall–Kier alpha value is -4.40. The molecule has 4 fully saturated rings. The quantitative estimate of drug-likeness (QED) is 0.348. The first-order chi connectivity index (χ1) is 24.0. The van der Waals surface area contributed by atoms with E-state index in [2.05, 4.69) is 25.3 Å². The number of aromatic nitrogens is 4. The van der Waals surface area contributed by atoms with E-state index < -0.39 is 35.3 Å². The fourth-order valence-electron chi connectivity index (χ4n) is 7.22. The predicted octanol–water partition coefficient (Wildman–Crippen LogP) is 4.80. The summed E-state index contributed by atoms with van der Waals surface area (Å²) >= 11 is 0. The van der Waals surface area contributed by atoms with Gasteiger partial charge in [-0.25, -0.2) is 23.5 Å². The highest BCUT2D eigenvalue weighted by molar-refractivity contribution is 5.94. The fourth-order valence-corrected chi connectivity index (χ4v) is 7.22. The number of nitrogens with one attached hydrogen (secondary N) is 1. The largest absolute Gasteiger partial charge is 0.444 e. The van der Waals surface area contributed by atoms with Gasteiger partial charge in [-0.15, -0.1) is 0 Å². The molecule has 1 saturated carbocycles. The number of nitrogens with zero attached hydrogens (tertiary/aromatic N) is 7. The molecule has 1 aromatic carbocycles. The normalized spacial score (nSPS) is 22.1. The Kier molecular flexibility index (Phi) is 9.59. The number of amides is 2. The van der Waals surface area contributed by atoms with Gasteiger partial charge in [0.2, 0.25) is 5.95 Å². The first kappa shape index (κ1) is 34.1. The molecule has 2 atom stereocenters. The van der Waals surface area contributed by atoms with Crippen LogP contribution in [0.1, 0.15) is 92.9 Å². The number of halogens is 2. The van der Waals surface area contributed by atoms with Crippen LogP contribution in [0.3, 0.4) is 0 Å². The lowest BCUT2D eigenvalue weighted by Crippen LogP contribution is -2.48. The van der Waals surface area contributed by atoms with Crippen LogP contribution in [0.4, 0.5) is 25.5 Å². The molecule has 13 nitrogen and oxygen atoms in total. The van der Waals surface area contributed by atoms with E-state index in [-0.39, 0.29) is 42.6 Å². The van der Waals surface area contributed by atoms with Crippen LogP contribution in [0, 0.1) is 11.6 Å². The van der Waals surface area contributed by atoms with E-state index in [0.717, 1.165) is 62.5 Å². The Morgan fingerprint density at radius 3 is 2.34 bits per heavy atom. The van der Waals surface area contributed by atoms with Gasteiger partial charge in [0.1, 0.15) is 17.2 Å². The van der Waals surface area contributed by atoms with Crippen molar-refractivity contribution in [3.05, 3.63) is 59.2 Å². The van der Waals surface area contributed by atoms with Gasteiger partial charge in [0.05, 0.1) is 11.6 Å². The molecule has 1 N–H and O–H groups in total. The van der Waals surface area contributed by atoms with Crippen molar-refractivity contribution in [2.24, 2.45) is 0 Å². The third-order valence-electron chi connectivity index (χ3n) is 9.87. The van der Waals surface area contributed by atoms with Crippen LogP contribution in [0.25, 0.3) is 0 Å². The second-order valence-electron chi connectivity index (χ2n) is 14.7. The van der Waals surface area contributed by atoms with Crippen LogP contribution in [0.2, 0.25) is 0 Å². The highest BCUT2D eigenvalue weighted by Crippen LogP contribution is 2.35. The van der Waals surface area contributed by atoms with Crippen molar-refractivity contribution in [2.45, 2.75) is 94.9 Å². The molecule has 2 amide bonds. The Morgan fingerprint density at radius 2 is 1.66 bits per heavy atom. The second-order valence-corrected chi connectivity index (χ2v) is 14.7.